The highest BCUT2D eigenvalue weighted by molar-refractivity contribution is 7.90. The Morgan fingerprint density at radius 2 is 1.76 bits per heavy atom. The van der Waals surface area contributed by atoms with Crippen molar-refractivity contribution in [1.29, 1.82) is 5.26 Å². The van der Waals surface area contributed by atoms with E-state index in [1.54, 1.807) is 6.07 Å². The summed E-state index contributed by atoms with van der Waals surface area (Å²) >= 11 is 0. The van der Waals surface area contributed by atoms with E-state index in [1.165, 1.54) is 36.4 Å². The second-order valence-electron chi connectivity index (χ2n) is 7.35. The van der Waals surface area contributed by atoms with Crippen LogP contribution in [0, 0.1) is 17.1 Å². The van der Waals surface area contributed by atoms with Crippen LogP contribution in [0.3, 0.4) is 0 Å². The highest BCUT2D eigenvalue weighted by Crippen LogP contribution is 2.39. The molecular formula is C24H14F4N2O3S. The molecule has 4 rings (SSSR count). The lowest BCUT2D eigenvalue weighted by molar-refractivity contribution is -0.136. The molecule has 4 aromatic rings. The molecule has 0 bridgehead atoms. The average Bonchev–Trinajstić information content (AvgIpc) is 2.78. The molecule has 0 aliphatic rings. The number of pyridine rings is 1. The number of sulfone groups is 1. The van der Waals surface area contributed by atoms with Gasteiger partial charge in [0.05, 0.1) is 21.5 Å². The number of nitrogens with zero attached hydrogens (tertiary/aromatic N) is 2. The van der Waals surface area contributed by atoms with Gasteiger partial charge in [0.2, 0.25) is 0 Å². The van der Waals surface area contributed by atoms with Crippen molar-refractivity contribution < 1.29 is 30.7 Å². The van der Waals surface area contributed by atoms with Crippen LogP contribution in [0.5, 0.6) is 11.5 Å². The van der Waals surface area contributed by atoms with E-state index in [2.05, 4.69) is 4.98 Å². The van der Waals surface area contributed by atoms with Crippen molar-refractivity contribution in [1.82, 2.24) is 4.98 Å². The molecule has 0 N–H and O–H groups in total. The maximum atomic E-state index is 14.4. The zero-order valence-corrected chi connectivity index (χ0v) is 18.2. The van der Waals surface area contributed by atoms with Gasteiger partial charge >= 0.3 is 6.18 Å². The second-order valence-corrected chi connectivity index (χ2v) is 9.37. The van der Waals surface area contributed by atoms with E-state index < -0.39 is 27.4 Å². The van der Waals surface area contributed by atoms with Crippen molar-refractivity contribution in [2.75, 3.05) is 6.26 Å². The van der Waals surface area contributed by atoms with Crippen molar-refractivity contribution >= 4 is 20.7 Å². The first kappa shape index (κ1) is 23.2. The topological polar surface area (TPSA) is 80.0 Å². The van der Waals surface area contributed by atoms with Crippen molar-refractivity contribution in [2.24, 2.45) is 0 Å². The van der Waals surface area contributed by atoms with Crippen molar-refractivity contribution in [3.63, 3.8) is 0 Å². The molecule has 0 unspecified atom stereocenters. The first-order valence-electron chi connectivity index (χ1n) is 9.66. The third kappa shape index (κ3) is 4.43. The first-order chi connectivity index (χ1) is 16.0. The molecule has 0 saturated heterocycles. The number of aromatic nitrogens is 1. The monoisotopic (exact) mass is 486 g/mol. The van der Waals surface area contributed by atoms with Gasteiger partial charge in [0.25, 0.3) is 0 Å². The Bertz CT molecular complexity index is 1580. The van der Waals surface area contributed by atoms with Gasteiger partial charge in [-0.3, -0.25) is 4.98 Å². The van der Waals surface area contributed by atoms with Crippen LogP contribution < -0.4 is 4.74 Å². The quantitative estimate of drug-likeness (QED) is 0.324. The number of alkyl halides is 3. The molecule has 0 spiro atoms. The minimum absolute atomic E-state index is 0.0488. The molecule has 0 atom stereocenters. The predicted molar refractivity (Wildman–Crippen MR) is 116 cm³/mol. The Labute approximate surface area is 191 Å². The van der Waals surface area contributed by atoms with Crippen LogP contribution in [0.25, 0.3) is 22.0 Å². The largest absolute Gasteiger partial charge is 0.454 e. The van der Waals surface area contributed by atoms with Gasteiger partial charge in [-0.05, 0) is 42.0 Å². The summed E-state index contributed by atoms with van der Waals surface area (Å²) in [5.41, 5.74) is -0.618. The van der Waals surface area contributed by atoms with Gasteiger partial charge in [-0.15, -0.1) is 0 Å². The second kappa shape index (κ2) is 8.43. The summed E-state index contributed by atoms with van der Waals surface area (Å²) < 4.78 is 83.6. The molecule has 0 aliphatic heterocycles. The summed E-state index contributed by atoms with van der Waals surface area (Å²) in [6.45, 7) is 0. The number of fused-ring (bicyclic) bond motifs is 1. The molecular weight excluding hydrogens is 472 g/mol. The fourth-order valence-electron chi connectivity index (χ4n) is 3.48. The highest BCUT2D eigenvalue weighted by atomic mass is 32.2. The Balaban J connectivity index is 1.82. The summed E-state index contributed by atoms with van der Waals surface area (Å²) in [5.74, 6) is -1.02. The van der Waals surface area contributed by atoms with E-state index in [4.69, 9.17) is 4.74 Å². The van der Waals surface area contributed by atoms with Gasteiger partial charge in [-0.25, -0.2) is 12.8 Å². The van der Waals surface area contributed by atoms with Gasteiger partial charge in [0, 0.05) is 23.4 Å². The maximum absolute atomic E-state index is 14.4. The number of benzene rings is 3. The summed E-state index contributed by atoms with van der Waals surface area (Å²) in [5, 5.41) is 9.68. The third-order valence-electron chi connectivity index (χ3n) is 5.01. The zero-order valence-electron chi connectivity index (χ0n) is 17.4. The minimum atomic E-state index is -4.64. The average molecular weight is 486 g/mol. The van der Waals surface area contributed by atoms with Gasteiger partial charge < -0.3 is 4.74 Å². The van der Waals surface area contributed by atoms with E-state index in [-0.39, 0.29) is 38.4 Å². The number of rotatable bonds is 4. The predicted octanol–water partition coefficient (Wildman–Crippen LogP) is 6.13. The lowest BCUT2D eigenvalue weighted by Crippen LogP contribution is -2.07. The number of nitriles is 1. The molecule has 5 nitrogen and oxygen atoms in total. The number of ether oxygens (including phenoxy) is 1. The van der Waals surface area contributed by atoms with Gasteiger partial charge in [-0.1, -0.05) is 24.3 Å². The standard InChI is InChI=1S/C24H14F4N2O3S/c1-34(31,32)17-8-9-21(20(25)11-17)33-16-5-2-4-14(10-16)22-15(12-29)13-30-23-18(22)6-3-7-19(23)24(26,27)28/h2-11,13H,1H3. The number of para-hydroxylation sites is 1. The zero-order chi connectivity index (χ0) is 24.7. The molecule has 0 radical (unpaired) electrons. The Morgan fingerprint density at radius 3 is 2.41 bits per heavy atom. The van der Waals surface area contributed by atoms with Crippen LogP contribution in [-0.2, 0) is 16.0 Å². The van der Waals surface area contributed by atoms with Crippen molar-refractivity contribution in [3.05, 3.63) is 83.8 Å². The van der Waals surface area contributed by atoms with Crippen molar-refractivity contribution in [3.8, 4) is 28.7 Å². The van der Waals surface area contributed by atoms with Crippen LogP contribution in [0.2, 0.25) is 0 Å². The molecule has 172 valence electrons. The van der Waals surface area contributed by atoms with E-state index >= 15 is 0 Å². The van der Waals surface area contributed by atoms with Crippen LogP contribution in [0.1, 0.15) is 11.1 Å². The lowest BCUT2D eigenvalue weighted by Gasteiger charge is -2.14. The van der Waals surface area contributed by atoms with Crippen LogP contribution >= 0.6 is 0 Å². The van der Waals surface area contributed by atoms with Crippen LogP contribution in [0.15, 0.2) is 71.8 Å². The number of halogens is 4. The van der Waals surface area contributed by atoms with Gasteiger partial charge in [-0.2, -0.15) is 18.4 Å². The third-order valence-corrected chi connectivity index (χ3v) is 6.12. The fraction of sp³-hybridized carbons (Fsp3) is 0.0833. The highest BCUT2D eigenvalue weighted by Gasteiger charge is 2.33. The molecule has 3 aromatic carbocycles. The minimum Gasteiger partial charge on any atom is -0.454 e. The maximum Gasteiger partial charge on any atom is 0.418 e. The van der Waals surface area contributed by atoms with Gasteiger partial charge in [0.1, 0.15) is 11.8 Å². The van der Waals surface area contributed by atoms with Crippen LogP contribution in [-0.4, -0.2) is 19.7 Å². The summed E-state index contributed by atoms with van der Waals surface area (Å²) in [6, 6.07) is 14.8. The molecule has 1 aromatic heterocycles. The SMILES string of the molecule is CS(=O)(=O)c1ccc(Oc2cccc(-c3c(C#N)cnc4c(C(F)(F)F)cccc34)c2)c(F)c1. The number of hydrogen-bond acceptors (Lipinski definition) is 5. The Kier molecular flexibility index (Phi) is 5.75. The Morgan fingerprint density at radius 1 is 1.03 bits per heavy atom. The van der Waals surface area contributed by atoms with E-state index in [9.17, 15) is 31.2 Å². The van der Waals surface area contributed by atoms with Gasteiger partial charge in [0.15, 0.2) is 21.4 Å². The number of hydrogen-bond donors (Lipinski definition) is 0. The molecule has 1 heterocycles. The molecule has 34 heavy (non-hydrogen) atoms. The normalized spacial score (nSPS) is 11.9. The first-order valence-corrected chi connectivity index (χ1v) is 11.5. The summed E-state index contributed by atoms with van der Waals surface area (Å²) in [7, 11) is -3.61. The van der Waals surface area contributed by atoms with Crippen molar-refractivity contribution in [2.45, 2.75) is 11.1 Å². The van der Waals surface area contributed by atoms with E-state index in [0.29, 0.717) is 5.56 Å². The summed E-state index contributed by atoms with van der Waals surface area (Å²) in [4.78, 5) is 3.65. The molecule has 0 aliphatic carbocycles. The fourth-order valence-corrected chi connectivity index (χ4v) is 4.12. The lowest BCUT2D eigenvalue weighted by atomic mass is 9.95. The van der Waals surface area contributed by atoms with Crippen LogP contribution in [0.4, 0.5) is 17.6 Å². The van der Waals surface area contributed by atoms with E-state index in [0.717, 1.165) is 30.7 Å². The molecule has 0 fully saturated rings. The Hall–Kier alpha value is -3.97. The summed E-state index contributed by atoms with van der Waals surface area (Å²) in [6.07, 6.45) is -2.62. The molecule has 10 heteroatoms. The van der Waals surface area contributed by atoms with E-state index in [1.807, 2.05) is 6.07 Å². The molecule has 0 saturated carbocycles. The molecule has 0 amide bonds. The smallest absolute Gasteiger partial charge is 0.418 e.